The second-order valence-electron chi connectivity index (χ2n) is 4.49. The van der Waals surface area contributed by atoms with Crippen molar-refractivity contribution in [1.82, 2.24) is 15.0 Å². The van der Waals surface area contributed by atoms with E-state index < -0.39 is 36.8 Å². The van der Waals surface area contributed by atoms with Crippen molar-refractivity contribution in [3.05, 3.63) is 22.7 Å². The minimum absolute atomic E-state index is 0.403. The van der Waals surface area contributed by atoms with Crippen LogP contribution in [0.5, 0.6) is 0 Å². The third kappa shape index (κ3) is 2.53. The molecule has 1 aromatic rings. The van der Waals surface area contributed by atoms with Crippen LogP contribution in [0, 0.1) is 0 Å². The maximum absolute atomic E-state index is 12.0. The van der Waals surface area contributed by atoms with E-state index in [-0.39, 0.29) is 0 Å². The molecular weight excluding hydrogens is 268 g/mol. The number of hydrazine groups is 1. The Morgan fingerprint density at radius 3 is 2.70 bits per heavy atom. The first-order valence-corrected chi connectivity index (χ1v) is 6.12. The molecule has 0 saturated carbocycles. The highest BCUT2D eigenvalue weighted by molar-refractivity contribution is 5.33. The van der Waals surface area contributed by atoms with Gasteiger partial charge in [-0.2, -0.15) is 4.98 Å². The SMILES string of the molecule is CNN(C)c1ccn(C2OC(CO)C(O)C2O)c(=O)n1. The summed E-state index contributed by atoms with van der Waals surface area (Å²) >= 11 is 0. The van der Waals surface area contributed by atoms with Crippen LogP contribution in [0.1, 0.15) is 6.23 Å². The molecule has 0 spiro atoms. The summed E-state index contributed by atoms with van der Waals surface area (Å²) in [5, 5.41) is 30.1. The van der Waals surface area contributed by atoms with Gasteiger partial charge < -0.3 is 20.1 Å². The Hall–Kier alpha value is -1.52. The van der Waals surface area contributed by atoms with Gasteiger partial charge in [0.25, 0.3) is 0 Å². The van der Waals surface area contributed by atoms with Crippen LogP contribution in [0.15, 0.2) is 17.1 Å². The Bertz CT molecular complexity index is 522. The van der Waals surface area contributed by atoms with Crippen LogP contribution in [-0.2, 0) is 4.74 Å². The first kappa shape index (κ1) is 14.9. The fraction of sp³-hybridized carbons (Fsp3) is 0.636. The molecule has 4 unspecified atom stereocenters. The van der Waals surface area contributed by atoms with Gasteiger partial charge in [-0.3, -0.25) is 9.58 Å². The highest BCUT2D eigenvalue weighted by Crippen LogP contribution is 2.28. The van der Waals surface area contributed by atoms with Crippen LogP contribution in [0.3, 0.4) is 0 Å². The van der Waals surface area contributed by atoms with E-state index in [1.165, 1.54) is 6.20 Å². The zero-order valence-electron chi connectivity index (χ0n) is 11.2. The van der Waals surface area contributed by atoms with Gasteiger partial charge in [0.1, 0.15) is 24.1 Å². The number of nitrogens with one attached hydrogen (secondary N) is 1. The topological polar surface area (TPSA) is 120 Å². The molecule has 4 N–H and O–H groups in total. The third-order valence-electron chi connectivity index (χ3n) is 3.29. The molecule has 1 saturated heterocycles. The zero-order valence-corrected chi connectivity index (χ0v) is 11.2. The third-order valence-corrected chi connectivity index (χ3v) is 3.29. The van der Waals surface area contributed by atoms with Gasteiger partial charge in [-0.25, -0.2) is 10.2 Å². The van der Waals surface area contributed by atoms with Crippen LogP contribution >= 0.6 is 0 Å². The quantitative estimate of drug-likeness (QED) is 0.446. The summed E-state index contributed by atoms with van der Waals surface area (Å²) in [4.78, 5) is 15.8. The van der Waals surface area contributed by atoms with E-state index in [4.69, 9.17) is 9.84 Å². The maximum atomic E-state index is 12.0. The van der Waals surface area contributed by atoms with Gasteiger partial charge >= 0.3 is 5.69 Å². The largest absolute Gasteiger partial charge is 0.394 e. The van der Waals surface area contributed by atoms with Crippen LogP contribution in [0.2, 0.25) is 0 Å². The van der Waals surface area contributed by atoms with E-state index >= 15 is 0 Å². The molecule has 112 valence electrons. The van der Waals surface area contributed by atoms with Crippen molar-refractivity contribution < 1.29 is 20.1 Å². The van der Waals surface area contributed by atoms with Gasteiger partial charge in [0.05, 0.1) is 6.61 Å². The lowest BCUT2D eigenvalue weighted by molar-refractivity contribution is -0.0549. The predicted molar refractivity (Wildman–Crippen MR) is 69.0 cm³/mol. The van der Waals surface area contributed by atoms with Crippen LogP contribution in [0.4, 0.5) is 5.82 Å². The summed E-state index contributed by atoms with van der Waals surface area (Å²) in [6.07, 6.45) is -3.15. The fourth-order valence-corrected chi connectivity index (χ4v) is 2.01. The van der Waals surface area contributed by atoms with E-state index in [2.05, 4.69) is 10.4 Å². The van der Waals surface area contributed by atoms with Crippen molar-refractivity contribution in [2.24, 2.45) is 0 Å². The number of aromatic nitrogens is 2. The summed E-state index contributed by atoms with van der Waals surface area (Å²) in [6, 6.07) is 1.56. The summed E-state index contributed by atoms with van der Waals surface area (Å²) < 4.78 is 6.35. The number of aliphatic hydroxyl groups excluding tert-OH is 3. The van der Waals surface area contributed by atoms with Crippen LogP contribution < -0.4 is 16.1 Å². The number of aliphatic hydroxyl groups is 3. The average Bonchev–Trinajstić information content (AvgIpc) is 2.74. The Balaban J connectivity index is 2.28. The molecule has 1 aliphatic heterocycles. The number of rotatable bonds is 4. The molecule has 1 aromatic heterocycles. The maximum Gasteiger partial charge on any atom is 0.351 e. The van der Waals surface area contributed by atoms with E-state index in [1.807, 2.05) is 0 Å². The molecule has 0 radical (unpaired) electrons. The molecule has 2 rings (SSSR count). The molecule has 0 aliphatic carbocycles. The molecule has 4 atom stereocenters. The minimum Gasteiger partial charge on any atom is -0.394 e. The van der Waals surface area contributed by atoms with Gasteiger partial charge in [-0.1, -0.05) is 0 Å². The summed E-state index contributed by atoms with van der Waals surface area (Å²) in [5.41, 5.74) is 2.17. The number of hydrogen-bond acceptors (Lipinski definition) is 8. The lowest BCUT2D eigenvalue weighted by Gasteiger charge is -2.19. The van der Waals surface area contributed by atoms with E-state index in [1.54, 1.807) is 25.2 Å². The van der Waals surface area contributed by atoms with Gasteiger partial charge in [0.2, 0.25) is 0 Å². The lowest BCUT2D eigenvalue weighted by atomic mass is 10.1. The van der Waals surface area contributed by atoms with E-state index in [9.17, 15) is 15.0 Å². The van der Waals surface area contributed by atoms with Gasteiger partial charge in [0, 0.05) is 20.3 Å². The molecule has 20 heavy (non-hydrogen) atoms. The van der Waals surface area contributed by atoms with Crippen molar-refractivity contribution >= 4 is 5.82 Å². The second kappa shape index (κ2) is 5.85. The van der Waals surface area contributed by atoms with Crippen molar-refractivity contribution in [1.29, 1.82) is 0 Å². The number of ether oxygens (including phenoxy) is 1. The van der Waals surface area contributed by atoms with Crippen molar-refractivity contribution in [3.8, 4) is 0 Å². The Morgan fingerprint density at radius 2 is 2.20 bits per heavy atom. The van der Waals surface area contributed by atoms with Gasteiger partial charge in [-0.15, -0.1) is 0 Å². The highest BCUT2D eigenvalue weighted by Gasteiger charge is 2.43. The van der Waals surface area contributed by atoms with Gasteiger partial charge in [0.15, 0.2) is 6.23 Å². The molecule has 9 nitrogen and oxygen atoms in total. The fourth-order valence-electron chi connectivity index (χ4n) is 2.01. The summed E-state index contributed by atoms with van der Waals surface area (Å²) in [5.74, 6) is 0.403. The predicted octanol–water partition coefficient (Wildman–Crippen LogP) is -2.57. The molecule has 0 bridgehead atoms. The van der Waals surface area contributed by atoms with Crippen molar-refractivity contribution in [2.45, 2.75) is 24.5 Å². The smallest absolute Gasteiger partial charge is 0.351 e. The number of anilines is 1. The molecule has 1 fully saturated rings. The molecule has 2 heterocycles. The monoisotopic (exact) mass is 286 g/mol. The summed E-state index contributed by atoms with van der Waals surface area (Å²) in [7, 11) is 3.37. The minimum atomic E-state index is -1.31. The Kier molecular flexibility index (Phi) is 4.35. The normalized spacial score (nSPS) is 29.6. The van der Waals surface area contributed by atoms with E-state index in [0.29, 0.717) is 5.82 Å². The number of hydrogen-bond donors (Lipinski definition) is 4. The molecule has 9 heteroatoms. The molecular formula is C11H18N4O5. The standard InChI is InChI=1S/C11H18N4O5/c1-12-14(2)7-3-4-15(11(19)13-7)10-9(18)8(17)6(5-16)20-10/h3-4,6,8-10,12,16-18H,5H2,1-2H3. The Labute approximate surface area is 115 Å². The summed E-state index contributed by atoms with van der Waals surface area (Å²) in [6.45, 7) is -0.447. The lowest BCUT2D eigenvalue weighted by Crippen LogP contribution is -2.38. The zero-order chi connectivity index (χ0) is 14.9. The van der Waals surface area contributed by atoms with Crippen molar-refractivity contribution in [2.75, 3.05) is 25.7 Å². The highest BCUT2D eigenvalue weighted by atomic mass is 16.6. The van der Waals surface area contributed by atoms with Gasteiger partial charge in [-0.05, 0) is 6.07 Å². The molecule has 0 amide bonds. The van der Waals surface area contributed by atoms with E-state index in [0.717, 1.165) is 4.57 Å². The first-order valence-electron chi connectivity index (χ1n) is 6.12. The van der Waals surface area contributed by atoms with Crippen LogP contribution in [-0.4, -0.2) is 63.9 Å². The van der Waals surface area contributed by atoms with Crippen molar-refractivity contribution in [3.63, 3.8) is 0 Å². The number of nitrogens with zero attached hydrogens (tertiary/aromatic N) is 3. The molecule has 1 aliphatic rings. The molecule has 0 aromatic carbocycles. The van der Waals surface area contributed by atoms with Crippen LogP contribution in [0.25, 0.3) is 0 Å². The second-order valence-corrected chi connectivity index (χ2v) is 4.49. The average molecular weight is 286 g/mol. The Morgan fingerprint density at radius 1 is 1.50 bits per heavy atom. The first-order chi connectivity index (χ1) is 9.49.